The van der Waals surface area contributed by atoms with E-state index in [4.69, 9.17) is 4.74 Å². The molecule has 1 aliphatic heterocycles. The Bertz CT molecular complexity index is 976. The molecule has 30 heavy (non-hydrogen) atoms. The number of rotatable bonds is 5. The van der Waals surface area contributed by atoms with Gasteiger partial charge in [-0.15, -0.1) is 0 Å². The fourth-order valence-electron chi connectivity index (χ4n) is 3.56. The first-order valence-electron chi connectivity index (χ1n) is 9.85. The summed E-state index contributed by atoms with van der Waals surface area (Å²) in [5.74, 6) is 0.538. The van der Waals surface area contributed by atoms with Crippen LogP contribution in [0.5, 0.6) is 0 Å². The number of nitrogens with zero attached hydrogens (tertiary/aromatic N) is 2. The van der Waals surface area contributed by atoms with Crippen molar-refractivity contribution >= 4 is 15.8 Å². The number of benzene rings is 2. The summed E-state index contributed by atoms with van der Waals surface area (Å²) in [5.41, 5.74) is 2.74. The number of aliphatic imine (C=N–C) groups is 1. The molecule has 6 nitrogen and oxygen atoms in total. The van der Waals surface area contributed by atoms with Gasteiger partial charge < -0.3 is 15.0 Å². The summed E-state index contributed by atoms with van der Waals surface area (Å²) in [6.45, 7) is 3.89. The highest BCUT2D eigenvalue weighted by molar-refractivity contribution is 7.89. The van der Waals surface area contributed by atoms with E-state index in [0.717, 1.165) is 22.6 Å². The van der Waals surface area contributed by atoms with Crippen molar-refractivity contribution in [1.29, 1.82) is 0 Å². The number of morpholine rings is 1. The molecule has 1 saturated heterocycles. The molecule has 0 spiro atoms. The first-order valence-corrected chi connectivity index (χ1v) is 11.9. The zero-order valence-electron chi connectivity index (χ0n) is 17.5. The van der Waals surface area contributed by atoms with Gasteiger partial charge in [0.15, 0.2) is 15.8 Å². The smallest absolute Gasteiger partial charge is 0.194 e. The lowest BCUT2D eigenvalue weighted by Gasteiger charge is -2.38. The molecule has 8 heteroatoms. The van der Waals surface area contributed by atoms with Gasteiger partial charge in [0, 0.05) is 26.4 Å². The molecule has 3 rings (SSSR count). The van der Waals surface area contributed by atoms with Crippen LogP contribution in [-0.4, -0.2) is 51.8 Å². The van der Waals surface area contributed by atoms with E-state index >= 15 is 0 Å². The van der Waals surface area contributed by atoms with Crippen LogP contribution in [0, 0.1) is 5.82 Å². The lowest BCUT2D eigenvalue weighted by molar-refractivity contribution is -0.0605. The number of sulfone groups is 1. The zero-order chi connectivity index (χ0) is 21.7. The second kappa shape index (κ2) is 9.57. The highest BCUT2D eigenvalue weighted by Crippen LogP contribution is 2.25. The quantitative estimate of drug-likeness (QED) is 0.580. The Kier molecular flexibility index (Phi) is 7.10. The largest absolute Gasteiger partial charge is 0.367 e. The molecule has 0 aliphatic carbocycles. The fourth-order valence-corrected chi connectivity index (χ4v) is 4.35. The molecule has 0 amide bonds. The summed E-state index contributed by atoms with van der Waals surface area (Å²) < 4.78 is 42.2. The topological polar surface area (TPSA) is 71.0 Å². The normalized spacial score (nSPS) is 20.3. The Morgan fingerprint density at radius 2 is 1.77 bits per heavy atom. The molecule has 2 aromatic carbocycles. The van der Waals surface area contributed by atoms with Crippen LogP contribution >= 0.6 is 0 Å². The van der Waals surface area contributed by atoms with Gasteiger partial charge in [0.1, 0.15) is 11.9 Å². The van der Waals surface area contributed by atoms with E-state index in [1.165, 1.54) is 18.4 Å². The molecule has 1 heterocycles. The van der Waals surface area contributed by atoms with Gasteiger partial charge in [-0.2, -0.15) is 0 Å². The maximum atomic E-state index is 13.2. The molecular weight excluding hydrogens is 405 g/mol. The summed E-state index contributed by atoms with van der Waals surface area (Å²) in [4.78, 5) is 6.55. The summed E-state index contributed by atoms with van der Waals surface area (Å²) in [6.07, 6.45) is 1.07. The molecule has 1 fully saturated rings. The van der Waals surface area contributed by atoms with Crippen LogP contribution in [0.2, 0.25) is 0 Å². The van der Waals surface area contributed by atoms with Crippen molar-refractivity contribution in [2.75, 3.05) is 26.4 Å². The van der Waals surface area contributed by atoms with Gasteiger partial charge in [-0.3, -0.25) is 4.99 Å². The predicted molar refractivity (Wildman–Crippen MR) is 116 cm³/mol. The second-order valence-electron chi connectivity index (χ2n) is 7.68. The van der Waals surface area contributed by atoms with Gasteiger partial charge in [0.05, 0.1) is 18.4 Å². The molecule has 162 valence electrons. The van der Waals surface area contributed by atoms with Gasteiger partial charge in [0.25, 0.3) is 0 Å². The number of nitrogens with one attached hydrogen (secondary N) is 1. The van der Waals surface area contributed by atoms with Crippen LogP contribution < -0.4 is 5.32 Å². The third kappa shape index (κ3) is 6.27. The minimum atomic E-state index is -3.04. The molecule has 0 saturated carbocycles. The number of hydrogen-bond donors (Lipinski definition) is 1. The Labute approximate surface area is 177 Å². The second-order valence-corrected chi connectivity index (χ2v) is 9.82. The number of guanidine groups is 1. The minimum absolute atomic E-state index is 0.00243. The zero-order valence-corrected chi connectivity index (χ0v) is 18.3. The van der Waals surface area contributed by atoms with E-state index in [2.05, 4.69) is 15.2 Å². The van der Waals surface area contributed by atoms with Crippen LogP contribution in [0.4, 0.5) is 4.39 Å². The van der Waals surface area contributed by atoms with Crippen molar-refractivity contribution in [3.8, 4) is 0 Å². The number of halogens is 1. The number of hydrogen-bond acceptors (Lipinski definition) is 4. The SMILES string of the molecule is CN=C(NCc1ccc(CS(C)(=O)=O)cc1)N1CC(C)OC(c2ccc(F)cc2)C1. The van der Waals surface area contributed by atoms with Crippen LogP contribution in [0.3, 0.4) is 0 Å². The Morgan fingerprint density at radius 3 is 2.37 bits per heavy atom. The van der Waals surface area contributed by atoms with Crippen molar-refractivity contribution in [2.45, 2.75) is 31.4 Å². The molecule has 1 aliphatic rings. The van der Waals surface area contributed by atoms with Crippen LogP contribution in [-0.2, 0) is 26.9 Å². The van der Waals surface area contributed by atoms with E-state index in [1.54, 1.807) is 19.2 Å². The van der Waals surface area contributed by atoms with Gasteiger partial charge in [-0.1, -0.05) is 36.4 Å². The van der Waals surface area contributed by atoms with Gasteiger partial charge in [-0.25, -0.2) is 12.8 Å². The Hall–Kier alpha value is -2.45. The first-order chi connectivity index (χ1) is 14.2. The van der Waals surface area contributed by atoms with Gasteiger partial charge in [0.2, 0.25) is 0 Å². The summed E-state index contributed by atoms with van der Waals surface area (Å²) in [7, 11) is -1.30. The van der Waals surface area contributed by atoms with E-state index in [1.807, 2.05) is 31.2 Å². The summed E-state index contributed by atoms with van der Waals surface area (Å²) >= 11 is 0. The third-order valence-electron chi connectivity index (χ3n) is 4.92. The monoisotopic (exact) mass is 433 g/mol. The van der Waals surface area contributed by atoms with Crippen LogP contribution in [0.15, 0.2) is 53.5 Å². The lowest BCUT2D eigenvalue weighted by Crippen LogP contribution is -2.50. The highest BCUT2D eigenvalue weighted by Gasteiger charge is 2.28. The highest BCUT2D eigenvalue weighted by atomic mass is 32.2. The molecule has 2 atom stereocenters. The predicted octanol–water partition coefficient (Wildman–Crippen LogP) is 2.91. The lowest BCUT2D eigenvalue weighted by atomic mass is 10.1. The van der Waals surface area contributed by atoms with Gasteiger partial charge in [-0.05, 0) is 35.7 Å². The first kappa shape index (κ1) is 22.2. The summed E-state index contributed by atoms with van der Waals surface area (Å²) in [6, 6.07) is 13.9. The fraction of sp³-hybridized carbons (Fsp3) is 0.409. The van der Waals surface area contributed by atoms with Crippen LogP contribution in [0.1, 0.15) is 29.7 Å². The average molecular weight is 434 g/mol. The van der Waals surface area contributed by atoms with Crippen molar-refractivity contribution in [2.24, 2.45) is 4.99 Å². The molecule has 2 unspecified atom stereocenters. The molecule has 0 bridgehead atoms. The molecule has 2 aromatic rings. The van der Waals surface area contributed by atoms with E-state index < -0.39 is 9.84 Å². The molecule has 0 aromatic heterocycles. The average Bonchev–Trinajstić information content (AvgIpc) is 2.69. The maximum absolute atomic E-state index is 13.2. The van der Waals surface area contributed by atoms with Crippen molar-refractivity contribution in [3.05, 3.63) is 71.0 Å². The number of ether oxygens (including phenoxy) is 1. The van der Waals surface area contributed by atoms with E-state index in [9.17, 15) is 12.8 Å². The van der Waals surface area contributed by atoms with Crippen molar-refractivity contribution in [3.63, 3.8) is 0 Å². The van der Waals surface area contributed by atoms with E-state index in [0.29, 0.717) is 19.6 Å². The van der Waals surface area contributed by atoms with Crippen LogP contribution in [0.25, 0.3) is 0 Å². The molecule has 0 radical (unpaired) electrons. The van der Waals surface area contributed by atoms with Crippen molar-refractivity contribution < 1.29 is 17.5 Å². The van der Waals surface area contributed by atoms with Crippen molar-refractivity contribution in [1.82, 2.24) is 10.2 Å². The Balaban J connectivity index is 1.63. The minimum Gasteiger partial charge on any atom is -0.367 e. The molecular formula is C22H28FN3O3S. The third-order valence-corrected chi connectivity index (χ3v) is 5.77. The van der Waals surface area contributed by atoms with Gasteiger partial charge >= 0.3 is 0 Å². The van der Waals surface area contributed by atoms with E-state index in [-0.39, 0.29) is 23.8 Å². The Morgan fingerprint density at radius 1 is 1.13 bits per heavy atom. The standard InChI is InChI=1S/C22H28FN3O3S/c1-16-13-26(14-21(29-16)19-8-10-20(23)11-9-19)22(24-2)25-12-17-4-6-18(7-5-17)15-30(3,27)28/h4-11,16,21H,12-15H2,1-3H3,(H,24,25). The summed E-state index contributed by atoms with van der Waals surface area (Å²) in [5, 5.41) is 3.37. The maximum Gasteiger partial charge on any atom is 0.194 e. The molecule has 1 N–H and O–H groups in total.